The summed E-state index contributed by atoms with van der Waals surface area (Å²) in [7, 11) is 0. The molecule has 0 unspecified atom stereocenters. The first-order valence-corrected chi connectivity index (χ1v) is 4.57. The summed E-state index contributed by atoms with van der Waals surface area (Å²) < 4.78 is 0. The van der Waals surface area contributed by atoms with Crippen molar-refractivity contribution in [2.45, 2.75) is 6.92 Å². The molecule has 1 aromatic rings. The van der Waals surface area contributed by atoms with Gasteiger partial charge >= 0.3 is 11.7 Å². The zero-order valence-corrected chi connectivity index (χ0v) is 9.12. The highest BCUT2D eigenvalue weighted by atomic mass is 16.6. The molecule has 0 bridgehead atoms. The number of benzene rings is 1. The molecule has 96 valence electrons. The molecule has 18 heavy (non-hydrogen) atoms. The van der Waals surface area contributed by atoms with Crippen LogP contribution in [0.25, 0.3) is 0 Å². The van der Waals surface area contributed by atoms with E-state index in [1.165, 1.54) is 6.92 Å². The van der Waals surface area contributed by atoms with Crippen molar-refractivity contribution >= 4 is 28.7 Å². The fraction of sp³-hybridized carbons (Fsp3) is 0.111. The number of phenols is 1. The lowest BCUT2D eigenvalue weighted by molar-refractivity contribution is -0.385. The number of rotatable bonds is 4. The molecule has 1 rings (SSSR count). The molecule has 0 radical (unpaired) electrons. The number of carboxylic acids is 1. The largest absolute Gasteiger partial charge is 0.502 e. The number of hydrogen-bond acceptors (Lipinski definition) is 7. The van der Waals surface area contributed by atoms with Crippen LogP contribution >= 0.6 is 0 Å². The second-order valence-electron chi connectivity index (χ2n) is 3.23. The lowest BCUT2D eigenvalue weighted by Crippen LogP contribution is -2.07. The lowest BCUT2D eigenvalue weighted by atomic mass is 10.2. The van der Waals surface area contributed by atoms with E-state index in [1.807, 2.05) is 0 Å². The van der Waals surface area contributed by atoms with Crippen LogP contribution in [0.5, 0.6) is 5.75 Å². The predicted octanol–water partition coefficient (Wildman–Crippen LogP) is 1.28. The molecule has 4 N–H and O–H groups in total. The van der Waals surface area contributed by atoms with Gasteiger partial charge in [0, 0.05) is 12.1 Å². The number of nitro groups is 1. The van der Waals surface area contributed by atoms with E-state index in [-0.39, 0.29) is 17.1 Å². The molecule has 0 saturated heterocycles. The van der Waals surface area contributed by atoms with Gasteiger partial charge in [-0.25, -0.2) is 9.79 Å². The van der Waals surface area contributed by atoms with E-state index >= 15 is 0 Å². The third-order valence-corrected chi connectivity index (χ3v) is 2.01. The van der Waals surface area contributed by atoms with Crippen molar-refractivity contribution in [3.05, 3.63) is 22.2 Å². The molecular formula is C9H9N3O6. The van der Waals surface area contributed by atoms with Crippen LogP contribution in [-0.4, -0.2) is 32.0 Å². The number of hydrogen-bond donors (Lipinski definition) is 4. The number of carbonyl (C=O) groups is 1. The summed E-state index contributed by atoms with van der Waals surface area (Å²) >= 11 is 0. The van der Waals surface area contributed by atoms with E-state index in [2.05, 4.69) is 4.99 Å². The molecule has 0 aliphatic rings. The van der Waals surface area contributed by atoms with Gasteiger partial charge in [-0.1, -0.05) is 0 Å². The number of anilines is 1. The molecule has 9 heteroatoms. The first-order chi connectivity index (χ1) is 8.36. The first-order valence-electron chi connectivity index (χ1n) is 4.57. The van der Waals surface area contributed by atoms with Gasteiger partial charge in [-0.3, -0.25) is 20.8 Å². The number of nitrogens with one attached hydrogen (secondary N) is 1. The van der Waals surface area contributed by atoms with E-state index in [4.69, 9.17) is 10.3 Å². The Morgan fingerprint density at radius 2 is 2.11 bits per heavy atom. The van der Waals surface area contributed by atoms with Gasteiger partial charge in [0.2, 0.25) is 0 Å². The number of nitrogens with zero attached hydrogens (tertiary/aromatic N) is 2. The highest BCUT2D eigenvalue weighted by molar-refractivity contribution is 6.35. The minimum Gasteiger partial charge on any atom is -0.502 e. The van der Waals surface area contributed by atoms with Crippen molar-refractivity contribution in [1.29, 1.82) is 0 Å². The maximum atomic E-state index is 10.6. The average molecular weight is 255 g/mol. The minimum atomic E-state index is -1.29. The van der Waals surface area contributed by atoms with Crippen molar-refractivity contribution in [3.8, 4) is 5.75 Å². The second-order valence-corrected chi connectivity index (χ2v) is 3.23. The van der Waals surface area contributed by atoms with E-state index in [0.717, 1.165) is 12.1 Å². The molecule has 1 aromatic carbocycles. The number of carboxylic acid groups (broad SMARTS) is 1. The smallest absolute Gasteiger partial charge is 0.349 e. The number of aromatic hydroxyl groups is 1. The highest BCUT2D eigenvalue weighted by Gasteiger charge is 2.18. The summed E-state index contributed by atoms with van der Waals surface area (Å²) in [4.78, 5) is 23.9. The highest BCUT2D eigenvalue weighted by Crippen LogP contribution is 2.36. The molecule has 0 aromatic heterocycles. The number of aliphatic carboxylic acids is 1. The van der Waals surface area contributed by atoms with Crippen molar-refractivity contribution in [2.24, 2.45) is 4.99 Å². The van der Waals surface area contributed by atoms with Gasteiger partial charge in [0.05, 0.1) is 16.3 Å². The molecule has 0 saturated carbocycles. The van der Waals surface area contributed by atoms with E-state index < -0.39 is 22.3 Å². The third-order valence-electron chi connectivity index (χ3n) is 2.01. The molecule has 0 fully saturated rings. The second kappa shape index (κ2) is 5.10. The molecule has 0 atom stereocenters. The van der Waals surface area contributed by atoms with E-state index in [1.54, 1.807) is 5.48 Å². The SMILES string of the molecule is CC(=Nc1cc(O)c([N+](=O)[O-])cc1NO)C(=O)O. The van der Waals surface area contributed by atoms with Gasteiger partial charge in [-0.15, -0.1) is 0 Å². The Morgan fingerprint density at radius 3 is 2.56 bits per heavy atom. The van der Waals surface area contributed by atoms with Crippen molar-refractivity contribution in [1.82, 2.24) is 0 Å². The molecule has 0 spiro atoms. The van der Waals surface area contributed by atoms with E-state index in [0.29, 0.717) is 0 Å². The summed E-state index contributed by atoms with van der Waals surface area (Å²) in [5, 5.41) is 37.3. The molecule has 0 heterocycles. The third kappa shape index (κ3) is 2.71. The zero-order valence-electron chi connectivity index (χ0n) is 9.12. The number of aliphatic imine (C=N–C) groups is 1. The minimum absolute atomic E-state index is 0.138. The van der Waals surface area contributed by atoms with Gasteiger partial charge < -0.3 is 10.2 Å². The quantitative estimate of drug-likeness (QED) is 0.274. The van der Waals surface area contributed by atoms with Crippen molar-refractivity contribution in [2.75, 3.05) is 5.48 Å². The normalized spacial score (nSPS) is 11.1. The van der Waals surface area contributed by atoms with Crippen LogP contribution in [0.1, 0.15) is 6.92 Å². The molecular weight excluding hydrogens is 246 g/mol. The van der Waals surface area contributed by atoms with Crippen LogP contribution < -0.4 is 5.48 Å². The number of phenolic OH excluding ortho intramolecular Hbond substituents is 1. The van der Waals surface area contributed by atoms with Crippen molar-refractivity contribution < 1.29 is 25.1 Å². The Bertz CT molecular complexity index is 539. The van der Waals surface area contributed by atoms with E-state index in [9.17, 15) is 20.0 Å². The Balaban J connectivity index is 3.38. The maximum absolute atomic E-state index is 10.6. The first kappa shape index (κ1) is 13.4. The summed E-state index contributed by atoms with van der Waals surface area (Å²) in [6.07, 6.45) is 0. The summed E-state index contributed by atoms with van der Waals surface area (Å²) in [5.74, 6) is -1.98. The maximum Gasteiger partial charge on any atom is 0.349 e. The fourth-order valence-electron chi connectivity index (χ4n) is 1.12. The summed E-state index contributed by atoms with van der Waals surface area (Å²) in [6.45, 7) is 1.20. The predicted molar refractivity (Wildman–Crippen MR) is 60.6 cm³/mol. The molecule has 0 aliphatic heterocycles. The monoisotopic (exact) mass is 255 g/mol. The Morgan fingerprint density at radius 1 is 1.50 bits per heavy atom. The van der Waals surface area contributed by atoms with Gasteiger partial charge in [0.1, 0.15) is 5.71 Å². The average Bonchev–Trinajstić information content (AvgIpc) is 2.28. The Kier molecular flexibility index (Phi) is 3.79. The van der Waals surface area contributed by atoms with Crippen LogP contribution in [0.15, 0.2) is 17.1 Å². The number of nitro benzene ring substituents is 1. The summed E-state index contributed by atoms with van der Waals surface area (Å²) in [6, 6.07) is 1.71. The van der Waals surface area contributed by atoms with Crippen LogP contribution in [0.2, 0.25) is 0 Å². The Hall–Kier alpha value is -2.68. The van der Waals surface area contributed by atoms with Gasteiger partial charge in [0.25, 0.3) is 0 Å². The molecule has 0 amide bonds. The van der Waals surface area contributed by atoms with Crippen LogP contribution in [0, 0.1) is 10.1 Å². The van der Waals surface area contributed by atoms with Gasteiger partial charge in [0.15, 0.2) is 5.75 Å². The molecule has 0 aliphatic carbocycles. The zero-order chi connectivity index (χ0) is 13.9. The van der Waals surface area contributed by atoms with Gasteiger partial charge in [-0.05, 0) is 6.92 Å². The van der Waals surface area contributed by atoms with Gasteiger partial charge in [-0.2, -0.15) is 0 Å². The summed E-state index contributed by atoms with van der Waals surface area (Å²) in [5.41, 5.74) is 0.368. The Labute approximate surface area is 100 Å². The lowest BCUT2D eigenvalue weighted by Gasteiger charge is -2.05. The topological polar surface area (TPSA) is 145 Å². The van der Waals surface area contributed by atoms with Crippen LogP contribution in [0.4, 0.5) is 17.1 Å². The van der Waals surface area contributed by atoms with Crippen molar-refractivity contribution in [3.63, 3.8) is 0 Å². The van der Waals surface area contributed by atoms with Crippen LogP contribution in [0.3, 0.4) is 0 Å². The van der Waals surface area contributed by atoms with Crippen LogP contribution in [-0.2, 0) is 4.79 Å². The fourth-order valence-corrected chi connectivity index (χ4v) is 1.12. The standard InChI is InChI=1S/C9H9N3O6/c1-4(9(14)15)10-5-3-8(13)7(12(17)18)2-6(5)11-16/h2-3,11,13,16H,1H3,(H,14,15). The molecule has 9 nitrogen and oxygen atoms in total.